The van der Waals surface area contributed by atoms with Gasteiger partial charge in [0.15, 0.2) is 0 Å². The highest BCUT2D eigenvalue weighted by molar-refractivity contribution is 7.92. The fourth-order valence-electron chi connectivity index (χ4n) is 1.29. The molecule has 1 rings (SSSR count). The Morgan fingerprint density at radius 3 is 2.71 bits per heavy atom. The lowest BCUT2D eigenvalue weighted by molar-refractivity contribution is 0.582. The summed E-state index contributed by atoms with van der Waals surface area (Å²) < 4.78 is 26.1. The van der Waals surface area contributed by atoms with Crippen LogP contribution in [0.3, 0.4) is 0 Å². The van der Waals surface area contributed by atoms with Crippen LogP contribution in [0.1, 0.15) is 19.4 Å². The number of hydrogen-bond acceptors (Lipinski definition) is 4. The number of rotatable bonds is 6. The van der Waals surface area contributed by atoms with Crippen molar-refractivity contribution in [1.29, 1.82) is 0 Å². The van der Waals surface area contributed by atoms with Gasteiger partial charge in [0, 0.05) is 25.0 Å². The molecule has 1 aromatic heterocycles. The van der Waals surface area contributed by atoms with Crippen LogP contribution in [-0.2, 0) is 10.0 Å². The minimum Gasteiger partial charge on any atom is -0.313 e. The number of anilines is 1. The first kappa shape index (κ1) is 13.9. The van der Waals surface area contributed by atoms with E-state index in [1.165, 1.54) is 0 Å². The molecule has 0 aromatic carbocycles. The van der Waals surface area contributed by atoms with Gasteiger partial charge in [-0.05, 0) is 18.6 Å². The average Bonchev–Trinajstić information content (AvgIpc) is 2.20. The third-order valence-corrected chi connectivity index (χ3v) is 3.48. The summed E-state index contributed by atoms with van der Waals surface area (Å²) in [7, 11) is -3.29. The summed E-state index contributed by atoms with van der Waals surface area (Å²) in [4.78, 5) is 3.91. The third kappa shape index (κ3) is 5.14. The molecule has 0 atom stereocenters. The molecular weight excluding hydrogens is 238 g/mol. The molecule has 2 N–H and O–H groups in total. The molecule has 5 nitrogen and oxygen atoms in total. The van der Waals surface area contributed by atoms with E-state index in [9.17, 15) is 8.42 Å². The van der Waals surface area contributed by atoms with E-state index in [2.05, 4.69) is 15.0 Å². The smallest absolute Gasteiger partial charge is 0.233 e. The fraction of sp³-hybridized carbons (Fsp3) is 0.545. The van der Waals surface area contributed by atoms with Crippen molar-refractivity contribution in [1.82, 2.24) is 10.3 Å². The van der Waals surface area contributed by atoms with Crippen molar-refractivity contribution in [3.05, 3.63) is 24.0 Å². The lowest BCUT2D eigenvalue weighted by Gasteiger charge is -2.11. The quantitative estimate of drug-likeness (QED) is 0.801. The van der Waals surface area contributed by atoms with Gasteiger partial charge in [-0.2, -0.15) is 0 Å². The highest BCUT2D eigenvalue weighted by atomic mass is 32.2. The maximum atomic E-state index is 11.8. The Labute approximate surface area is 103 Å². The van der Waals surface area contributed by atoms with Crippen LogP contribution in [0.25, 0.3) is 0 Å². The molecule has 1 heterocycles. The number of sulfonamides is 1. The van der Waals surface area contributed by atoms with Crippen molar-refractivity contribution in [2.75, 3.05) is 17.0 Å². The second-order valence-corrected chi connectivity index (χ2v) is 6.06. The maximum absolute atomic E-state index is 11.8. The predicted octanol–water partition coefficient (Wildman–Crippen LogP) is 1.13. The number of aryl methyl sites for hydroxylation is 1. The number of pyridine rings is 1. The van der Waals surface area contributed by atoms with E-state index in [1.807, 2.05) is 20.8 Å². The van der Waals surface area contributed by atoms with Crippen LogP contribution in [-0.4, -0.2) is 31.7 Å². The van der Waals surface area contributed by atoms with Gasteiger partial charge in [0.1, 0.15) is 0 Å². The lowest BCUT2D eigenvalue weighted by atomic mass is 10.3. The number of nitrogens with zero attached hydrogens (tertiary/aromatic N) is 1. The van der Waals surface area contributed by atoms with Crippen LogP contribution >= 0.6 is 0 Å². The first-order chi connectivity index (χ1) is 7.91. The van der Waals surface area contributed by atoms with Gasteiger partial charge in [0.2, 0.25) is 10.0 Å². The van der Waals surface area contributed by atoms with Crippen LogP contribution in [0.5, 0.6) is 0 Å². The maximum Gasteiger partial charge on any atom is 0.233 e. The van der Waals surface area contributed by atoms with Crippen molar-refractivity contribution >= 4 is 15.7 Å². The van der Waals surface area contributed by atoms with Crippen molar-refractivity contribution < 1.29 is 8.42 Å². The Balaban J connectivity index is 2.58. The summed E-state index contributed by atoms with van der Waals surface area (Å²) >= 11 is 0. The predicted molar refractivity (Wildman–Crippen MR) is 69.5 cm³/mol. The second kappa shape index (κ2) is 5.97. The molecule has 0 aliphatic rings. The van der Waals surface area contributed by atoms with E-state index < -0.39 is 10.0 Å². The highest BCUT2D eigenvalue weighted by Gasteiger charge is 2.11. The molecule has 0 saturated carbocycles. The van der Waals surface area contributed by atoms with Crippen molar-refractivity contribution in [3.8, 4) is 0 Å². The first-order valence-electron chi connectivity index (χ1n) is 5.55. The van der Waals surface area contributed by atoms with Gasteiger partial charge < -0.3 is 5.32 Å². The molecule has 0 bridgehead atoms. The zero-order valence-electron chi connectivity index (χ0n) is 10.4. The van der Waals surface area contributed by atoms with Crippen LogP contribution in [0, 0.1) is 6.92 Å². The van der Waals surface area contributed by atoms with Gasteiger partial charge in [0.05, 0.1) is 11.4 Å². The Morgan fingerprint density at radius 2 is 2.12 bits per heavy atom. The zero-order chi connectivity index (χ0) is 12.9. The zero-order valence-corrected chi connectivity index (χ0v) is 11.2. The van der Waals surface area contributed by atoms with Crippen LogP contribution in [0.2, 0.25) is 0 Å². The molecule has 0 fully saturated rings. The van der Waals surface area contributed by atoms with Crippen molar-refractivity contribution in [2.45, 2.75) is 26.8 Å². The normalized spacial score (nSPS) is 11.8. The molecule has 0 unspecified atom stereocenters. The second-order valence-electron chi connectivity index (χ2n) is 4.22. The fourth-order valence-corrected chi connectivity index (χ4v) is 2.34. The van der Waals surface area contributed by atoms with Crippen LogP contribution < -0.4 is 10.0 Å². The minimum absolute atomic E-state index is 0.0624. The molecule has 1 aromatic rings. The van der Waals surface area contributed by atoms with E-state index in [-0.39, 0.29) is 11.8 Å². The Bertz CT molecular complexity index is 458. The molecule has 17 heavy (non-hydrogen) atoms. The van der Waals surface area contributed by atoms with Gasteiger partial charge in [-0.1, -0.05) is 13.8 Å². The molecule has 0 radical (unpaired) electrons. The molecule has 0 aliphatic carbocycles. The summed E-state index contributed by atoms with van der Waals surface area (Å²) in [5, 5.41) is 3.07. The van der Waals surface area contributed by atoms with Crippen molar-refractivity contribution in [3.63, 3.8) is 0 Å². The largest absolute Gasteiger partial charge is 0.313 e. The number of nitrogens with one attached hydrogen (secondary N) is 2. The van der Waals surface area contributed by atoms with Gasteiger partial charge in [-0.15, -0.1) is 0 Å². The van der Waals surface area contributed by atoms with E-state index in [4.69, 9.17) is 0 Å². The number of hydrogen-bond donors (Lipinski definition) is 2. The van der Waals surface area contributed by atoms with Crippen LogP contribution in [0.4, 0.5) is 5.69 Å². The van der Waals surface area contributed by atoms with E-state index >= 15 is 0 Å². The Morgan fingerprint density at radius 1 is 1.41 bits per heavy atom. The van der Waals surface area contributed by atoms with Crippen LogP contribution in [0.15, 0.2) is 18.5 Å². The Kier molecular flexibility index (Phi) is 4.89. The molecule has 6 heteroatoms. The average molecular weight is 257 g/mol. The summed E-state index contributed by atoms with van der Waals surface area (Å²) in [5.74, 6) is 0.0624. The molecule has 0 amide bonds. The summed E-state index contributed by atoms with van der Waals surface area (Å²) in [6, 6.07) is 1.94. The lowest BCUT2D eigenvalue weighted by Crippen LogP contribution is -2.31. The molecule has 96 valence electrons. The van der Waals surface area contributed by atoms with Crippen molar-refractivity contribution in [2.24, 2.45) is 0 Å². The van der Waals surface area contributed by atoms with Gasteiger partial charge >= 0.3 is 0 Å². The highest BCUT2D eigenvalue weighted by Crippen LogP contribution is 2.13. The third-order valence-electron chi connectivity index (χ3n) is 2.21. The SMILES string of the molecule is Cc1cnccc1NS(=O)(=O)CCNC(C)C. The summed E-state index contributed by atoms with van der Waals surface area (Å²) in [5.41, 5.74) is 1.40. The van der Waals surface area contributed by atoms with Gasteiger partial charge in [-0.3, -0.25) is 9.71 Å². The minimum atomic E-state index is -3.29. The van der Waals surface area contributed by atoms with Gasteiger partial charge in [0.25, 0.3) is 0 Å². The molecule has 0 aliphatic heterocycles. The van der Waals surface area contributed by atoms with E-state index in [0.717, 1.165) is 5.56 Å². The van der Waals surface area contributed by atoms with E-state index in [1.54, 1.807) is 18.5 Å². The standard InChI is InChI=1S/C11H19N3O2S/c1-9(2)13-6-7-17(15,16)14-11-4-5-12-8-10(11)3/h4-5,8-9,13H,6-7H2,1-3H3,(H,12,14). The topological polar surface area (TPSA) is 71.1 Å². The summed E-state index contributed by atoms with van der Waals surface area (Å²) in [6.07, 6.45) is 3.20. The van der Waals surface area contributed by atoms with Gasteiger partial charge in [-0.25, -0.2) is 8.42 Å². The monoisotopic (exact) mass is 257 g/mol. The molecular formula is C11H19N3O2S. The van der Waals surface area contributed by atoms with E-state index in [0.29, 0.717) is 12.2 Å². The number of aromatic nitrogens is 1. The Hall–Kier alpha value is -1.14. The molecule has 0 spiro atoms. The summed E-state index contributed by atoms with van der Waals surface area (Å²) in [6.45, 7) is 6.22. The molecule has 0 saturated heterocycles. The first-order valence-corrected chi connectivity index (χ1v) is 7.20.